The van der Waals surface area contributed by atoms with Crippen LogP contribution in [0.3, 0.4) is 0 Å². The van der Waals surface area contributed by atoms with Gasteiger partial charge in [-0.3, -0.25) is 4.90 Å². The van der Waals surface area contributed by atoms with Crippen molar-refractivity contribution in [3.8, 4) is 11.8 Å². The maximum Gasteiger partial charge on any atom is 0.0245 e. The molecule has 4 rings (SSSR count). The summed E-state index contributed by atoms with van der Waals surface area (Å²) in [5.74, 6) is 7.57. The maximum atomic E-state index is 3.37. The van der Waals surface area contributed by atoms with Crippen LogP contribution in [-0.2, 0) is 13.0 Å². The number of nitrogens with zero attached hydrogens (tertiary/aromatic N) is 2. The zero-order valence-corrected chi connectivity index (χ0v) is 18.4. The van der Waals surface area contributed by atoms with Gasteiger partial charge in [0, 0.05) is 25.1 Å². The summed E-state index contributed by atoms with van der Waals surface area (Å²) in [6, 6.07) is 19.9. The number of hydrogen-bond donors (Lipinski definition) is 0. The van der Waals surface area contributed by atoms with Crippen LogP contribution in [0.4, 0.5) is 0 Å². The summed E-state index contributed by atoms with van der Waals surface area (Å²) in [5, 5.41) is 0. The number of hydrogen-bond acceptors (Lipinski definition) is 2. The first-order valence-electron chi connectivity index (χ1n) is 11.9. The molecule has 2 heteroatoms. The Morgan fingerprint density at radius 2 is 1.47 bits per heavy atom. The molecule has 30 heavy (non-hydrogen) atoms. The van der Waals surface area contributed by atoms with E-state index in [0.29, 0.717) is 0 Å². The molecule has 2 aromatic rings. The Bertz CT molecular complexity index is 801. The zero-order valence-electron chi connectivity index (χ0n) is 18.4. The Hall–Kier alpha value is -2.08. The minimum absolute atomic E-state index is 0.839. The van der Waals surface area contributed by atoms with Gasteiger partial charge in [0.25, 0.3) is 0 Å². The average molecular weight is 401 g/mol. The third kappa shape index (κ3) is 6.73. The molecule has 2 aliphatic rings. The van der Waals surface area contributed by atoms with Crippen molar-refractivity contribution in [1.82, 2.24) is 9.80 Å². The fourth-order valence-corrected chi connectivity index (χ4v) is 4.81. The molecule has 0 amide bonds. The third-order valence-electron chi connectivity index (χ3n) is 6.67. The largest absolute Gasteiger partial charge is 0.302 e. The molecule has 0 N–H and O–H groups in total. The second-order valence-electron chi connectivity index (χ2n) is 9.06. The van der Waals surface area contributed by atoms with Crippen molar-refractivity contribution in [2.75, 3.05) is 32.7 Å². The van der Waals surface area contributed by atoms with Crippen molar-refractivity contribution in [3.05, 3.63) is 71.3 Å². The van der Waals surface area contributed by atoms with E-state index in [9.17, 15) is 0 Å². The second-order valence-corrected chi connectivity index (χ2v) is 9.06. The first-order chi connectivity index (χ1) is 14.8. The molecule has 0 aromatic heterocycles. The third-order valence-corrected chi connectivity index (χ3v) is 6.67. The monoisotopic (exact) mass is 400 g/mol. The Balaban J connectivity index is 1.17. The summed E-state index contributed by atoms with van der Waals surface area (Å²) in [6.45, 7) is 7.16. The Labute approximate surface area is 183 Å². The standard InChI is InChI=1S/C28H36N2/c1-3-10-26(11-4-1)23-27-16-21-30(22-17-27)24-28-14-12-25(13-15-28)9-5-8-20-29-18-6-2-7-19-29/h1,3-4,10-15,27H,2,6-8,16-24H2. The summed E-state index contributed by atoms with van der Waals surface area (Å²) in [5.41, 5.74) is 4.05. The van der Waals surface area contributed by atoms with Crippen molar-refractivity contribution in [2.45, 2.75) is 51.5 Å². The fraction of sp³-hybridized carbons (Fsp3) is 0.500. The highest BCUT2D eigenvalue weighted by Gasteiger charge is 2.19. The van der Waals surface area contributed by atoms with Crippen molar-refractivity contribution in [2.24, 2.45) is 5.92 Å². The van der Waals surface area contributed by atoms with Crippen LogP contribution in [0.15, 0.2) is 54.6 Å². The highest BCUT2D eigenvalue weighted by Crippen LogP contribution is 2.23. The van der Waals surface area contributed by atoms with Crippen molar-refractivity contribution in [1.29, 1.82) is 0 Å². The lowest BCUT2D eigenvalue weighted by atomic mass is 9.90. The summed E-state index contributed by atoms with van der Waals surface area (Å²) in [4.78, 5) is 5.17. The molecule has 2 saturated heterocycles. The molecule has 2 fully saturated rings. The van der Waals surface area contributed by atoms with Crippen LogP contribution in [0.25, 0.3) is 0 Å². The molecule has 0 unspecified atom stereocenters. The van der Waals surface area contributed by atoms with Gasteiger partial charge in [0.1, 0.15) is 0 Å². The van der Waals surface area contributed by atoms with Gasteiger partial charge in [-0.25, -0.2) is 0 Å². The quantitative estimate of drug-likeness (QED) is 0.602. The van der Waals surface area contributed by atoms with Crippen LogP contribution in [0.2, 0.25) is 0 Å². The van der Waals surface area contributed by atoms with Gasteiger partial charge in [-0.05, 0) is 87.5 Å². The summed E-state index contributed by atoms with van der Waals surface area (Å²) >= 11 is 0. The number of rotatable bonds is 6. The average Bonchev–Trinajstić information content (AvgIpc) is 2.80. The smallest absolute Gasteiger partial charge is 0.0245 e. The van der Waals surface area contributed by atoms with Crippen molar-refractivity contribution < 1.29 is 0 Å². The second kappa shape index (κ2) is 11.3. The van der Waals surface area contributed by atoms with Gasteiger partial charge in [0.05, 0.1) is 0 Å². The van der Waals surface area contributed by atoms with E-state index in [0.717, 1.165) is 31.0 Å². The van der Waals surface area contributed by atoms with Gasteiger partial charge in [-0.2, -0.15) is 0 Å². The lowest BCUT2D eigenvalue weighted by Crippen LogP contribution is -2.33. The molecular weight excluding hydrogens is 364 g/mol. The first-order valence-corrected chi connectivity index (χ1v) is 11.9. The van der Waals surface area contributed by atoms with Gasteiger partial charge in [0.2, 0.25) is 0 Å². The van der Waals surface area contributed by atoms with E-state index in [2.05, 4.69) is 76.2 Å². The van der Waals surface area contributed by atoms with Crippen LogP contribution in [-0.4, -0.2) is 42.5 Å². The molecule has 2 aliphatic heterocycles. The van der Waals surface area contributed by atoms with E-state index in [-0.39, 0.29) is 0 Å². The molecule has 0 spiro atoms. The molecule has 2 heterocycles. The Kier molecular flexibility index (Phi) is 8.01. The highest BCUT2D eigenvalue weighted by atomic mass is 15.1. The van der Waals surface area contributed by atoms with Gasteiger partial charge >= 0.3 is 0 Å². The van der Waals surface area contributed by atoms with Crippen molar-refractivity contribution >= 4 is 0 Å². The summed E-state index contributed by atoms with van der Waals surface area (Å²) < 4.78 is 0. The number of piperidine rings is 2. The SMILES string of the molecule is C(#Cc1ccc(CN2CCC(Cc3ccccc3)CC2)cc1)CCN1CCCCC1. The molecule has 0 aliphatic carbocycles. The predicted octanol–water partition coefficient (Wildman–Crippen LogP) is 5.37. The van der Waals surface area contributed by atoms with E-state index >= 15 is 0 Å². The summed E-state index contributed by atoms with van der Waals surface area (Å²) in [7, 11) is 0. The van der Waals surface area contributed by atoms with Gasteiger partial charge in [0.15, 0.2) is 0 Å². The van der Waals surface area contributed by atoms with E-state index in [1.54, 1.807) is 0 Å². The Morgan fingerprint density at radius 1 is 0.733 bits per heavy atom. The van der Waals surface area contributed by atoms with E-state index < -0.39 is 0 Å². The zero-order chi connectivity index (χ0) is 20.4. The molecule has 0 saturated carbocycles. The maximum absolute atomic E-state index is 3.37. The fourth-order valence-electron chi connectivity index (χ4n) is 4.81. The van der Waals surface area contributed by atoms with Crippen LogP contribution < -0.4 is 0 Å². The number of likely N-dealkylation sites (tertiary alicyclic amines) is 2. The molecule has 0 atom stereocenters. The minimum atomic E-state index is 0.839. The predicted molar refractivity (Wildman–Crippen MR) is 126 cm³/mol. The molecule has 158 valence electrons. The molecule has 2 nitrogen and oxygen atoms in total. The molecule has 0 bridgehead atoms. The van der Waals surface area contributed by atoms with Gasteiger partial charge in [-0.1, -0.05) is 60.7 Å². The normalized spacial score (nSPS) is 18.7. The highest BCUT2D eigenvalue weighted by molar-refractivity contribution is 5.36. The minimum Gasteiger partial charge on any atom is -0.302 e. The van der Waals surface area contributed by atoms with E-state index in [4.69, 9.17) is 0 Å². The van der Waals surface area contributed by atoms with E-state index in [1.807, 2.05) is 0 Å². The van der Waals surface area contributed by atoms with Crippen LogP contribution in [0, 0.1) is 17.8 Å². The topological polar surface area (TPSA) is 6.48 Å². The molecule has 2 aromatic carbocycles. The number of benzene rings is 2. The first kappa shape index (κ1) is 21.2. The molecule has 0 radical (unpaired) electrons. The molecular formula is C28H36N2. The Morgan fingerprint density at radius 3 is 2.20 bits per heavy atom. The van der Waals surface area contributed by atoms with Crippen LogP contribution in [0.5, 0.6) is 0 Å². The van der Waals surface area contributed by atoms with Gasteiger partial charge in [-0.15, -0.1) is 0 Å². The van der Waals surface area contributed by atoms with E-state index in [1.165, 1.54) is 75.8 Å². The lowest BCUT2D eigenvalue weighted by molar-refractivity contribution is 0.177. The van der Waals surface area contributed by atoms with Crippen LogP contribution >= 0.6 is 0 Å². The van der Waals surface area contributed by atoms with Gasteiger partial charge < -0.3 is 4.90 Å². The van der Waals surface area contributed by atoms with Crippen molar-refractivity contribution in [3.63, 3.8) is 0 Å². The lowest BCUT2D eigenvalue weighted by Gasteiger charge is -2.32. The summed E-state index contributed by atoms with van der Waals surface area (Å²) in [6.07, 6.45) is 8.98. The van der Waals surface area contributed by atoms with Crippen LogP contribution in [0.1, 0.15) is 55.2 Å².